The van der Waals surface area contributed by atoms with Crippen molar-refractivity contribution in [2.75, 3.05) is 20.8 Å². The number of hydroxylamine groups is 1. The second-order valence-corrected chi connectivity index (χ2v) is 1.39. The first-order valence-electron chi connectivity index (χ1n) is 2.60. The Hall–Kier alpha value is -0.580. The van der Waals surface area contributed by atoms with Crippen LogP contribution in [0.3, 0.4) is 0 Å². The second-order valence-electron chi connectivity index (χ2n) is 1.39. The fraction of sp³-hybridized carbons (Fsp3) is 0.600. The average Bonchev–Trinajstić information content (AvgIpc) is 1.89. The molecule has 0 fully saturated rings. The summed E-state index contributed by atoms with van der Waals surface area (Å²) in [5.74, 6) is 0. The number of nitrogens with zero attached hydrogens (tertiary/aromatic N) is 1. The van der Waals surface area contributed by atoms with E-state index in [1.807, 2.05) is 0 Å². The Morgan fingerprint density at radius 1 is 1.78 bits per heavy atom. The summed E-state index contributed by atoms with van der Waals surface area (Å²) in [6, 6.07) is 0. The molecule has 1 N–H and O–H groups in total. The highest BCUT2D eigenvalue weighted by Crippen LogP contribution is 1.78. The molecule has 4 heteroatoms. The molecular weight excluding hydrogens is 120 g/mol. The highest BCUT2D eigenvalue weighted by atomic mass is 16.5. The Bertz CT molecular complexity index is 85.0. The van der Waals surface area contributed by atoms with Gasteiger partial charge in [-0.15, -0.1) is 0 Å². The summed E-state index contributed by atoms with van der Waals surface area (Å²) in [5, 5.41) is 10.9. The van der Waals surface area contributed by atoms with Crippen LogP contribution in [0.1, 0.15) is 0 Å². The van der Waals surface area contributed by atoms with Crippen LogP contribution in [0.2, 0.25) is 0 Å². The lowest BCUT2D eigenvalue weighted by Gasteiger charge is -2.23. The summed E-state index contributed by atoms with van der Waals surface area (Å²) in [6.45, 7) is 0.459. The third-order valence-electron chi connectivity index (χ3n) is 0.724. The van der Waals surface area contributed by atoms with Crippen LogP contribution in [0, 0.1) is 5.21 Å². The molecule has 54 valence electrons. The third kappa shape index (κ3) is 5.29. The van der Waals surface area contributed by atoms with Crippen molar-refractivity contribution in [1.82, 2.24) is 10.6 Å². The predicted octanol–water partition coefficient (Wildman–Crippen LogP) is 0.0807. The molecule has 0 unspecified atom stereocenters. The van der Waals surface area contributed by atoms with Gasteiger partial charge in [-0.1, -0.05) is 0 Å². The van der Waals surface area contributed by atoms with Crippen LogP contribution in [0.5, 0.6) is 0 Å². The Kier molecular flexibility index (Phi) is 5.20. The molecule has 9 heavy (non-hydrogen) atoms. The molecule has 0 heterocycles. The number of hydrogen-bond acceptors (Lipinski definition) is 4. The van der Waals surface area contributed by atoms with Crippen molar-refractivity contribution in [2.24, 2.45) is 0 Å². The largest absolute Gasteiger partial charge is 0.744 e. The first-order chi connectivity index (χ1) is 4.31. The molecule has 0 aromatic carbocycles. The molecule has 0 rings (SSSR count). The van der Waals surface area contributed by atoms with E-state index in [4.69, 9.17) is 0 Å². The van der Waals surface area contributed by atoms with Crippen molar-refractivity contribution >= 4 is 0 Å². The SMILES string of the molecule is CNN([O-])/C=C\COC. The number of nitrogens with one attached hydrogen (secondary N) is 1. The summed E-state index contributed by atoms with van der Waals surface area (Å²) < 4.78 is 4.66. The van der Waals surface area contributed by atoms with Gasteiger partial charge in [0.25, 0.3) is 0 Å². The Balaban J connectivity index is 3.20. The van der Waals surface area contributed by atoms with Crippen LogP contribution in [0.15, 0.2) is 12.3 Å². The van der Waals surface area contributed by atoms with Crippen LogP contribution in [0.4, 0.5) is 0 Å². The zero-order chi connectivity index (χ0) is 7.11. The van der Waals surface area contributed by atoms with Gasteiger partial charge in [-0.25, -0.2) is 5.43 Å². The normalized spacial score (nSPS) is 10.6. The molecule has 0 aliphatic rings. The van der Waals surface area contributed by atoms with Gasteiger partial charge in [0.15, 0.2) is 0 Å². The lowest BCUT2D eigenvalue weighted by molar-refractivity contribution is 0.232. The number of hydrogen-bond donors (Lipinski definition) is 1. The van der Waals surface area contributed by atoms with Gasteiger partial charge in [-0.3, -0.25) is 0 Å². The van der Waals surface area contributed by atoms with E-state index in [-0.39, 0.29) is 0 Å². The molecule has 0 aromatic rings. The first-order valence-corrected chi connectivity index (χ1v) is 2.60. The van der Waals surface area contributed by atoms with Crippen molar-refractivity contribution in [3.63, 3.8) is 0 Å². The molecule has 0 aliphatic heterocycles. The topological polar surface area (TPSA) is 47.6 Å². The minimum atomic E-state index is 0.459. The lowest BCUT2D eigenvalue weighted by Crippen LogP contribution is -2.22. The zero-order valence-electron chi connectivity index (χ0n) is 5.63. The van der Waals surface area contributed by atoms with E-state index in [0.29, 0.717) is 11.8 Å². The van der Waals surface area contributed by atoms with Crippen molar-refractivity contribution in [3.05, 3.63) is 17.5 Å². The molecule has 0 bridgehead atoms. The number of rotatable bonds is 4. The maximum atomic E-state index is 10.3. The standard InChI is InChI=1S/C5H11N2O2/c1-6-7(8)4-3-5-9-2/h3-4,6H,5H2,1-2H3/q-1/b4-3-. The van der Waals surface area contributed by atoms with E-state index < -0.39 is 0 Å². The van der Waals surface area contributed by atoms with Gasteiger partial charge >= 0.3 is 0 Å². The predicted molar refractivity (Wildman–Crippen MR) is 35.3 cm³/mol. The van der Waals surface area contributed by atoms with Crippen LogP contribution < -0.4 is 5.43 Å². The molecular formula is C5H11N2O2-. The minimum Gasteiger partial charge on any atom is -0.744 e. The number of methoxy groups -OCH3 is 1. The molecule has 0 aromatic heterocycles. The third-order valence-corrected chi connectivity index (χ3v) is 0.724. The summed E-state index contributed by atoms with van der Waals surface area (Å²) in [6.07, 6.45) is 2.97. The van der Waals surface area contributed by atoms with Gasteiger partial charge in [-0.2, -0.15) is 0 Å². The summed E-state index contributed by atoms with van der Waals surface area (Å²) in [7, 11) is 3.11. The van der Waals surface area contributed by atoms with Crippen LogP contribution in [0.25, 0.3) is 0 Å². The van der Waals surface area contributed by atoms with E-state index in [2.05, 4.69) is 10.2 Å². The van der Waals surface area contributed by atoms with E-state index in [0.717, 1.165) is 0 Å². The Morgan fingerprint density at radius 2 is 2.44 bits per heavy atom. The van der Waals surface area contributed by atoms with E-state index in [9.17, 15) is 5.21 Å². The van der Waals surface area contributed by atoms with Crippen molar-refractivity contribution in [3.8, 4) is 0 Å². The molecule has 0 saturated carbocycles. The van der Waals surface area contributed by atoms with Gasteiger partial charge < -0.3 is 15.1 Å². The smallest absolute Gasteiger partial charge is 0.0660 e. The van der Waals surface area contributed by atoms with E-state index in [1.54, 1.807) is 20.2 Å². The van der Waals surface area contributed by atoms with Gasteiger partial charge in [0.1, 0.15) is 0 Å². The lowest BCUT2D eigenvalue weighted by atomic mass is 10.6. The van der Waals surface area contributed by atoms with Crippen LogP contribution >= 0.6 is 0 Å². The number of hydrazine groups is 1. The minimum absolute atomic E-state index is 0.459. The van der Waals surface area contributed by atoms with Gasteiger partial charge in [0, 0.05) is 20.4 Å². The maximum absolute atomic E-state index is 10.3. The highest BCUT2D eigenvalue weighted by Gasteiger charge is 1.72. The molecule has 0 atom stereocenters. The molecule has 4 nitrogen and oxygen atoms in total. The van der Waals surface area contributed by atoms with Crippen LogP contribution in [-0.4, -0.2) is 25.9 Å². The quantitative estimate of drug-likeness (QED) is 0.549. The van der Waals surface area contributed by atoms with Crippen molar-refractivity contribution in [1.29, 1.82) is 0 Å². The average molecular weight is 131 g/mol. The van der Waals surface area contributed by atoms with Crippen molar-refractivity contribution in [2.45, 2.75) is 0 Å². The fourth-order valence-electron chi connectivity index (χ4n) is 0.310. The Labute approximate surface area is 54.7 Å². The summed E-state index contributed by atoms with van der Waals surface area (Å²) in [4.78, 5) is 0. The fourth-order valence-corrected chi connectivity index (χ4v) is 0.310. The first kappa shape index (κ1) is 8.42. The molecule has 0 amide bonds. The molecule has 0 aliphatic carbocycles. The van der Waals surface area contributed by atoms with Gasteiger partial charge in [0.05, 0.1) is 6.61 Å². The summed E-state index contributed by atoms with van der Waals surface area (Å²) in [5.41, 5.74) is 2.36. The van der Waals surface area contributed by atoms with Crippen LogP contribution in [-0.2, 0) is 4.74 Å². The van der Waals surface area contributed by atoms with Crippen molar-refractivity contribution < 1.29 is 4.74 Å². The van der Waals surface area contributed by atoms with E-state index >= 15 is 0 Å². The highest BCUT2D eigenvalue weighted by molar-refractivity contribution is 4.79. The van der Waals surface area contributed by atoms with Gasteiger partial charge in [-0.05, 0) is 6.08 Å². The van der Waals surface area contributed by atoms with E-state index in [1.165, 1.54) is 6.20 Å². The summed E-state index contributed by atoms with van der Waals surface area (Å²) >= 11 is 0. The van der Waals surface area contributed by atoms with Gasteiger partial charge in [0.2, 0.25) is 0 Å². The number of ether oxygens (including phenoxy) is 1. The Morgan fingerprint density at radius 3 is 2.89 bits per heavy atom. The molecule has 0 spiro atoms. The zero-order valence-corrected chi connectivity index (χ0v) is 5.63. The maximum Gasteiger partial charge on any atom is 0.0660 e. The molecule has 0 radical (unpaired) electrons. The molecule has 0 saturated heterocycles. The monoisotopic (exact) mass is 131 g/mol. The second kappa shape index (κ2) is 5.55.